The minimum atomic E-state index is 1.17. The number of hydrogen-bond donors (Lipinski definition) is 0. The topological polar surface area (TPSA) is 17.1 Å². The molecular weight excluding hydrogens is 72.8 g/mol. The van der Waals surface area contributed by atoms with E-state index in [2.05, 4.69) is 8.12 Å². The summed E-state index contributed by atoms with van der Waals surface area (Å²) < 4.78 is 17.2. The first-order valence-electron chi connectivity index (χ1n) is 0.454. The molecule has 0 spiro atoms. The minimum absolute atomic E-state index is 1.17. The number of rotatable bonds is 0. The molecule has 0 N–H and O–H groups in total. The molecule has 0 heterocycles. The van der Waals surface area contributed by atoms with Crippen LogP contribution < -0.4 is 0 Å². The van der Waals surface area contributed by atoms with Crippen LogP contribution in [0.4, 0.5) is 4.32 Å². The van der Waals surface area contributed by atoms with E-state index in [1.54, 1.807) is 0 Å². The first kappa shape index (κ1) is 8.84. The van der Waals surface area contributed by atoms with Gasteiger partial charge in [-0.05, 0) is 0 Å². The zero-order valence-corrected chi connectivity index (χ0v) is 3.10. The second-order valence-corrected chi connectivity index (χ2v) is 0. The molecule has 0 saturated carbocycles. The Bertz CT molecular complexity index is 8.00. The van der Waals surface area contributed by atoms with Crippen LogP contribution in [-0.4, -0.2) is 24.3 Å². The normalized spacial score (nSPS) is 2.00. The van der Waals surface area contributed by atoms with Gasteiger partial charge in [-0.15, -0.1) is 0 Å². The van der Waals surface area contributed by atoms with Gasteiger partial charge in [0.1, 0.15) is 0 Å². The molecule has 0 bridgehead atoms. The molecule has 0 saturated heterocycles. The van der Waals surface area contributed by atoms with E-state index in [0.29, 0.717) is 0 Å². The van der Waals surface area contributed by atoms with E-state index >= 15 is 0 Å². The predicted molar refractivity (Wildman–Crippen MR) is 13.3 cm³/mol. The van der Waals surface area contributed by atoms with E-state index in [-0.39, 0.29) is 0 Å². The molecule has 1 nitrogen and oxygen atoms in total. The molecule has 0 aromatic heterocycles. The molecule has 0 aromatic rings. The molecular formula is AlBFO. The SMILES string of the molecule is [B]F.[O]=[Al]. The van der Waals surface area contributed by atoms with Crippen molar-refractivity contribution in [3.8, 4) is 0 Å². The summed E-state index contributed by atoms with van der Waals surface area (Å²) in [5, 5.41) is 0. The molecule has 0 amide bonds. The Morgan fingerprint density at radius 1 is 1.50 bits per heavy atom. The van der Waals surface area contributed by atoms with Crippen LogP contribution in [0.3, 0.4) is 0 Å². The molecule has 0 fully saturated rings. The molecule has 0 atom stereocenters. The molecule has 4 heteroatoms. The molecule has 0 aliphatic heterocycles. The fourth-order valence-electron chi connectivity index (χ4n) is 0. The average Bonchev–Trinajstić information content (AvgIpc) is 1.50. The molecule has 0 aromatic carbocycles. The first-order chi connectivity index (χ1) is 2.00. The molecule has 0 unspecified atom stereocenters. The fourth-order valence-corrected chi connectivity index (χ4v) is 0. The van der Waals surface area contributed by atoms with Crippen LogP contribution in [0.5, 0.6) is 0 Å². The van der Waals surface area contributed by atoms with Gasteiger partial charge >= 0.3 is 28.2 Å². The van der Waals surface area contributed by atoms with Gasteiger partial charge in [0.25, 0.3) is 0 Å². The second-order valence-electron chi connectivity index (χ2n) is 0. The third kappa shape index (κ3) is 38.3. The maximum atomic E-state index is 9.00. The van der Waals surface area contributed by atoms with Gasteiger partial charge in [-0.2, -0.15) is 0 Å². The molecule has 19 valence electrons. The number of hydrogen-bond acceptors (Lipinski definition) is 1. The summed E-state index contributed by atoms with van der Waals surface area (Å²) in [6.07, 6.45) is 0. The average molecular weight is 72.8 g/mol. The van der Waals surface area contributed by atoms with Gasteiger partial charge in [-0.1, -0.05) is 0 Å². The number of halogens is 1. The van der Waals surface area contributed by atoms with Gasteiger partial charge in [0.05, 0.1) is 0 Å². The van der Waals surface area contributed by atoms with E-state index in [0.717, 1.165) is 0 Å². The maximum absolute atomic E-state index is 9.00. The Kier molecular flexibility index (Phi) is 372. The second kappa shape index (κ2) is 168. The Balaban J connectivity index is 0. The van der Waals surface area contributed by atoms with Crippen molar-refractivity contribution in [3.05, 3.63) is 0 Å². The van der Waals surface area contributed by atoms with Crippen LogP contribution >= 0.6 is 0 Å². The van der Waals surface area contributed by atoms with E-state index in [4.69, 9.17) is 8.12 Å². The summed E-state index contributed by atoms with van der Waals surface area (Å²) in [5.41, 5.74) is 0. The fraction of sp³-hybridized carbons (Fsp3) is 0. The third-order valence-corrected chi connectivity index (χ3v) is 0. The zero-order valence-electron chi connectivity index (χ0n) is 1.94. The van der Waals surface area contributed by atoms with Gasteiger partial charge in [0, 0.05) is 0 Å². The van der Waals surface area contributed by atoms with Crippen molar-refractivity contribution in [2.45, 2.75) is 0 Å². The molecule has 0 aliphatic carbocycles. The summed E-state index contributed by atoms with van der Waals surface area (Å²) in [6.45, 7) is 0. The standard InChI is InChI=1S/Al.BF.O/c;1-2;. The van der Waals surface area contributed by atoms with E-state index in [1.807, 2.05) is 0 Å². The summed E-state index contributed by atoms with van der Waals surface area (Å²) in [6, 6.07) is 0. The summed E-state index contributed by atoms with van der Waals surface area (Å²) in [7, 11) is 3.00. The van der Waals surface area contributed by atoms with Crippen LogP contribution in [0, 0.1) is 0 Å². The van der Waals surface area contributed by atoms with E-state index in [1.165, 1.54) is 16.2 Å². The molecule has 4 heavy (non-hydrogen) atoms. The molecule has 3 radical (unpaired) electrons. The Morgan fingerprint density at radius 2 is 1.50 bits per heavy atom. The summed E-state index contributed by atoms with van der Waals surface area (Å²) in [5.74, 6) is 0. The third-order valence-electron chi connectivity index (χ3n) is 0. The van der Waals surface area contributed by atoms with Gasteiger partial charge in [0.15, 0.2) is 0 Å². The van der Waals surface area contributed by atoms with Gasteiger partial charge in [0.2, 0.25) is 0 Å². The molecule has 0 aliphatic rings. The van der Waals surface area contributed by atoms with Gasteiger partial charge in [-0.3, -0.25) is 0 Å². The summed E-state index contributed by atoms with van der Waals surface area (Å²) in [4.78, 5) is 0. The first-order valence-corrected chi connectivity index (χ1v) is 0.925. The van der Waals surface area contributed by atoms with Crippen LogP contribution in [0.2, 0.25) is 0 Å². The predicted octanol–water partition coefficient (Wildman–Crippen LogP) is -0.460. The Hall–Kier alpha value is 0.327. The van der Waals surface area contributed by atoms with Gasteiger partial charge < -0.3 is 4.32 Å². The van der Waals surface area contributed by atoms with E-state index in [9.17, 15) is 0 Å². The monoisotopic (exact) mass is 73.0 g/mol. The van der Waals surface area contributed by atoms with Crippen molar-refractivity contribution in [2.75, 3.05) is 0 Å². The van der Waals surface area contributed by atoms with Crippen LogP contribution in [0.15, 0.2) is 0 Å². The summed E-state index contributed by atoms with van der Waals surface area (Å²) >= 11 is 1.17. The van der Waals surface area contributed by atoms with Crippen LogP contribution in [0.1, 0.15) is 0 Å². The van der Waals surface area contributed by atoms with Crippen molar-refractivity contribution >= 4 is 24.3 Å². The zero-order chi connectivity index (χ0) is 4.00. The Morgan fingerprint density at radius 3 is 1.50 bits per heavy atom. The van der Waals surface area contributed by atoms with Crippen molar-refractivity contribution in [2.24, 2.45) is 0 Å². The van der Waals surface area contributed by atoms with Crippen molar-refractivity contribution < 1.29 is 8.12 Å². The van der Waals surface area contributed by atoms with Gasteiger partial charge in [-0.25, -0.2) is 0 Å². The Labute approximate surface area is 33.3 Å². The van der Waals surface area contributed by atoms with E-state index < -0.39 is 0 Å². The quantitative estimate of drug-likeness (QED) is 0.354. The van der Waals surface area contributed by atoms with Crippen molar-refractivity contribution in [1.82, 2.24) is 0 Å². The van der Waals surface area contributed by atoms with Crippen molar-refractivity contribution in [1.29, 1.82) is 0 Å². The van der Waals surface area contributed by atoms with Crippen LogP contribution in [0.25, 0.3) is 0 Å². The molecule has 0 rings (SSSR count). The van der Waals surface area contributed by atoms with Crippen LogP contribution in [-0.2, 0) is 3.80 Å². The van der Waals surface area contributed by atoms with Crippen molar-refractivity contribution in [3.63, 3.8) is 0 Å².